The number of hydrogen-bond acceptors (Lipinski definition) is 3. The van der Waals surface area contributed by atoms with E-state index in [9.17, 15) is 8.42 Å². The molecule has 0 bridgehead atoms. The van der Waals surface area contributed by atoms with E-state index in [-0.39, 0.29) is 4.90 Å². The Bertz CT molecular complexity index is 735. The van der Waals surface area contributed by atoms with Crippen LogP contribution in [0.15, 0.2) is 51.8 Å². The molecule has 20 heavy (non-hydrogen) atoms. The molecule has 0 aliphatic heterocycles. The number of halogens is 2. The number of anilines is 2. The minimum Gasteiger partial charge on any atom is -0.387 e. The fourth-order valence-electron chi connectivity index (χ4n) is 1.68. The maximum absolute atomic E-state index is 12.4. The molecule has 0 aliphatic rings. The van der Waals surface area contributed by atoms with Gasteiger partial charge in [-0.15, -0.1) is 0 Å². The quantitative estimate of drug-likeness (QED) is 0.851. The summed E-state index contributed by atoms with van der Waals surface area (Å²) in [6.07, 6.45) is 0. The van der Waals surface area contributed by atoms with E-state index in [4.69, 9.17) is 11.6 Å². The van der Waals surface area contributed by atoms with E-state index in [1.165, 1.54) is 6.07 Å². The van der Waals surface area contributed by atoms with Gasteiger partial charge in [0.05, 0.1) is 11.4 Å². The Morgan fingerprint density at radius 3 is 2.45 bits per heavy atom. The second-order valence-corrected chi connectivity index (χ2v) is 6.92. The second kappa shape index (κ2) is 6.03. The van der Waals surface area contributed by atoms with Crippen LogP contribution in [0.2, 0.25) is 5.02 Å². The van der Waals surface area contributed by atoms with Crippen LogP contribution in [0.25, 0.3) is 0 Å². The van der Waals surface area contributed by atoms with Crippen LogP contribution in [0.5, 0.6) is 0 Å². The minimum absolute atomic E-state index is 0.185. The van der Waals surface area contributed by atoms with Crippen LogP contribution >= 0.6 is 27.5 Å². The number of para-hydroxylation sites is 1. The van der Waals surface area contributed by atoms with Crippen molar-refractivity contribution in [3.63, 3.8) is 0 Å². The van der Waals surface area contributed by atoms with E-state index >= 15 is 0 Å². The van der Waals surface area contributed by atoms with Crippen LogP contribution < -0.4 is 10.0 Å². The van der Waals surface area contributed by atoms with Gasteiger partial charge in [-0.25, -0.2) is 8.42 Å². The molecule has 0 amide bonds. The number of sulfonamides is 1. The summed E-state index contributed by atoms with van der Waals surface area (Å²) in [7, 11) is -2.00. The van der Waals surface area contributed by atoms with Crippen molar-refractivity contribution in [3.8, 4) is 0 Å². The first-order chi connectivity index (χ1) is 9.44. The van der Waals surface area contributed by atoms with Crippen LogP contribution in [0.1, 0.15) is 0 Å². The van der Waals surface area contributed by atoms with Gasteiger partial charge >= 0.3 is 0 Å². The maximum Gasteiger partial charge on any atom is 0.263 e. The summed E-state index contributed by atoms with van der Waals surface area (Å²) < 4.78 is 27.9. The smallest absolute Gasteiger partial charge is 0.263 e. The lowest BCUT2D eigenvalue weighted by Crippen LogP contribution is -2.15. The van der Waals surface area contributed by atoms with Crippen molar-refractivity contribution in [1.29, 1.82) is 0 Å². The molecule has 2 aromatic rings. The molecule has 7 heteroatoms. The lowest BCUT2D eigenvalue weighted by molar-refractivity contribution is 0.601. The molecule has 0 saturated heterocycles. The number of benzene rings is 2. The van der Waals surface area contributed by atoms with Gasteiger partial charge in [0.25, 0.3) is 10.0 Å². The third kappa shape index (κ3) is 3.26. The average Bonchev–Trinajstić information content (AvgIpc) is 2.42. The molecule has 0 fully saturated rings. The molecule has 0 aromatic heterocycles. The Kier molecular flexibility index (Phi) is 4.57. The Morgan fingerprint density at radius 1 is 1.10 bits per heavy atom. The van der Waals surface area contributed by atoms with Gasteiger partial charge in [0.2, 0.25) is 0 Å². The van der Waals surface area contributed by atoms with Crippen molar-refractivity contribution in [2.45, 2.75) is 4.90 Å². The van der Waals surface area contributed by atoms with E-state index in [0.29, 0.717) is 20.9 Å². The molecule has 4 nitrogen and oxygen atoms in total. The third-order valence-corrected chi connectivity index (χ3v) is 4.94. The number of hydrogen-bond donors (Lipinski definition) is 2. The van der Waals surface area contributed by atoms with E-state index < -0.39 is 10.0 Å². The molecule has 2 rings (SSSR count). The van der Waals surface area contributed by atoms with Crippen molar-refractivity contribution in [2.24, 2.45) is 0 Å². The third-order valence-electron chi connectivity index (χ3n) is 2.62. The van der Waals surface area contributed by atoms with E-state index in [2.05, 4.69) is 26.0 Å². The van der Waals surface area contributed by atoms with Crippen LogP contribution in [0.4, 0.5) is 11.4 Å². The van der Waals surface area contributed by atoms with E-state index in [0.717, 1.165) is 0 Å². The van der Waals surface area contributed by atoms with Crippen LogP contribution in [0.3, 0.4) is 0 Å². The summed E-state index contributed by atoms with van der Waals surface area (Å²) >= 11 is 9.12. The summed E-state index contributed by atoms with van der Waals surface area (Å²) in [5.74, 6) is 0. The summed E-state index contributed by atoms with van der Waals surface area (Å²) in [6, 6.07) is 11.5. The second-order valence-electron chi connectivity index (χ2n) is 3.98. The molecule has 0 heterocycles. The molecule has 0 atom stereocenters. The highest BCUT2D eigenvalue weighted by molar-refractivity contribution is 9.10. The largest absolute Gasteiger partial charge is 0.387 e. The predicted molar refractivity (Wildman–Crippen MR) is 85.9 cm³/mol. The fourth-order valence-corrected chi connectivity index (χ4v) is 3.89. The average molecular weight is 376 g/mol. The summed E-state index contributed by atoms with van der Waals surface area (Å²) in [4.78, 5) is 0.185. The van der Waals surface area contributed by atoms with Crippen LogP contribution in [-0.4, -0.2) is 15.5 Å². The molecule has 0 spiro atoms. The monoisotopic (exact) mass is 374 g/mol. The highest BCUT2D eigenvalue weighted by atomic mass is 79.9. The molecule has 2 N–H and O–H groups in total. The number of rotatable bonds is 4. The standard InChI is InChI=1S/C13H12BrClN2O2S/c1-16-12-4-2-3-5-13(12)20(18,19)17-11-7-6-9(15)8-10(11)14/h2-8,16-17H,1H3. The molecular weight excluding hydrogens is 364 g/mol. The Labute approximate surface area is 131 Å². The lowest BCUT2D eigenvalue weighted by Gasteiger charge is -2.13. The van der Waals surface area contributed by atoms with E-state index in [1.54, 1.807) is 43.4 Å². The zero-order valence-corrected chi connectivity index (χ0v) is 13.7. The zero-order valence-electron chi connectivity index (χ0n) is 10.5. The van der Waals surface area contributed by atoms with Crippen LogP contribution in [0, 0.1) is 0 Å². The molecule has 0 saturated carbocycles. The Hall–Kier alpha value is -1.24. The summed E-state index contributed by atoms with van der Waals surface area (Å²) in [5, 5.41) is 3.38. The van der Waals surface area contributed by atoms with Crippen molar-refractivity contribution < 1.29 is 8.42 Å². The van der Waals surface area contributed by atoms with Gasteiger partial charge in [0, 0.05) is 16.5 Å². The van der Waals surface area contributed by atoms with Gasteiger partial charge in [-0.3, -0.25) is 4.72 Å². The van der Waals surface area contributed by atoms with Gasteiger partial charge in [-0.05, 0) is 46.3 Å². The van der Waals surface area contributed by atoms with Gasteiger partial charge in [-0.2, -0.15) is 0 Å². The maximum atomic E-state index is 12.4. The topological polar surface area (TPSA) is 58.2 Å². The molecule has 0 aliphatic carbocycles. The molecule has 106 valence electrons. The molecular formula is C13H12BrClN2O2S. The first kappa shape index (κ1) is 15.2. The van der Waals surface area contributed by atoms with Gasteiger partial charge in [-0.1, -0.05) is 23.7 Å². The van der Waals surface area contributed by atoms with Crippen molar-refractivity contribution >= 4 is 48.9 Å². The summed E-state index contributed by atoms with van der Waals surface area (Å²) in [5.41, 5.74) is 0.963. The highest BCUT2D eigenvalue weighted by Gasteiger charge is 2.18. The first-order valence-electron chi connectivity index (χ1n) is 5.68. The predicted octanol–water partition coefficient (Wildman–Crippen LogP) is 3.95. The lowest BCUT2D eigenvalue weighted by atomic mass is 10.3. The van der Waals surface area contributed by atoms with E-state index in [1.807, 2.05) is 0 Å². The van der Waals surface area contributed by atoms with Crippen molar-refractivity contribution in [2.75, 3.05) is 17.1 Å². The fraction of sp³-hybridized carbons (Fsp3) is 0.0769. The Balaban J connectivity index is 2.41. The molecule has 2 aromatic carbocycles. The van der Waals surface area contributed by atoms with Gasteiger partial charge in [0.1, 0.15) is 4.90 Å². The van der Waals surface area contributed by atoms with Crippen LogP contribution in [-0.2, 0) is 10.0 Å². The number of nitrogens with one attached hydrogen (secondary N) is 2. The molecule has 0 unspecified atom stereocenters. The summed E-state index contributed by atoms with van der Waals surface area (Å²) in [6.45, 7) is 0. The zero-order chi connectivity index (χ0) is 14.8. The van der Waals surface area contributed by atoms with Crippen molar-refractivity contribution in [1.82, 2.24) is 0 Å². The normalized spacial score (nSPS) is 11.2. The van der Waals surface area contributed by atoms with Gasteiger partial charge < -0.3 is 5.32 Å². The minimum atomic E-state index is -3.68. The van der Waals surface area contributed by atoms with Crippen molar-refractivity contribution in [3.05, 3.63) is 52.0 Å². The molecule has 0 radical (unpaired) electrons. The SMILES string of the molecule is CNc1ccccc1S(=O)(=O)Nc1ccc(Cl)cc1Br. The Morgan fingerprint density at radius 2 is 1.80 bits per heavy atom. The first-order valence-corrected chi connectivity index (χ1v) is 8.34. The highest BCUT2D eigenvalue weighted by Crippen LogP contribution is 2.29. The van der Waals surface area contributed by atoms with Gasteiger partial charge in [0.15, 0.2) is 0 Å².